The Morgan fingerprint density at radius 2 is 1.90 bits per heavy atom. The minimum atomic E-state index is -4.37. The van der Waals surface area contributed by atoms with Crippen LogP contribution in [0.5, 0.6) is 5.75 Å². The predicted molar refractivity (Wildman–Crippen MR) is 115 cm³/mol. The van der Waals surface area contributed by atoms with Crippen LogP contribution in [0.25, 0.3) is 10.2 Å². The first-order valence-corrected chi connectivity index (χ1v) is 10.9. The number of thiophene rings is 1. The quantitative estimate of drug-likeness (QED) is 0.592. The third-order valence-electron chi connectivity index (χ3n) is 5.40. The Hall–Kier alpha value is -2.39. The van der Waals surface area contributed by atoms with Crippen LogP contribution in [-0.4, -0.2) is 34.7 Å². The van der Waals surface area contributed by atoms with Gasteiger partial charge in [-0.3, -0.25) is 9.69 Å². The zero-order chi connectivity index (χ0) is 22.3. The van der Waals surface area contributed by atoms with Gasteiger partial charge in [-0.2, -0.15) is 13.2 Å². The standard InChI is InChI=1S/C22H24F3N3O2S/c1-12-7-14(8-13(2)19(12)30-11-22(23,24)25)9-28(3)10-17-26-20(29)18-15-5-4-6-16(15)31-21(18)27-17/h7-8H,4-6,9-11H2,1-3H3,(H,26,27,29). The Balaban J connectivity index is 1.47. The second-order valence-electron chi connectivity index (χ2n) is 8.19. The van der Waals surface area contributed by atoms with E-state index in [-0.39, 0.29) is 11.3 Å². The van der Waals surface area contributed by atoms with Gasteiger partial charge in [0.2, 0.25) is 0 Å². The first kappa shape index (κ1) is 21.8. The summed E-state index contributed by atoms with van der Waals surface area (Å²) in [6.45, 7) is 3.19. The fourth-order valence-electron chi connectivity index (χ4n) is 4.26. The Morgan fingerprint density at radius 3 is 2.58 bits per heavy atom. The minimum Gasteiger partial charge on any atom is -0.484 e. The van der Waals surface area contributed by atoms with Crippen molar-refractivity contribution in [2.24, 2.45) is 0 Å². The van der Waals surface area contributed by atoms with E-state index >= 15 is 0 Å². The van der Waals surface area contributed by atoms with Gasteiger partial charge in [-0.1, -0.05) is 12.1 Å². The van der Waals surface area contributed by atoms with Gasteiger partial charge in [0.1, 0.15) is 16.4 Å². The smallest absolute Gasteiger partial charge is 0.422 e. The van der Waals surface area contributed by atoms with Crippen LogP contribution >= 0.6 is 11.3 Å². The molecule has 5 nitrogen and oxygen atoms in total. The number of hydrogen-bond donors (Lipinski definition) is 1. The van der Waals surface area contributed by atoms with E-state index in [9.17, 15) is 18.0 Å². The van der Waals surface area contributed by atoms with Gasteiger partial charge in [0.05, 0.1) is 11.9 Å². The van der Waals surface area contributed by atoms with Gasteiger partial charge in [-0.25, -0.2) is 4.98 Å². The summed E-state index contributed by atoms with van der Waals surface area (Å²) in [7, 11) is 1.91. The molecule has 1 N–H and O–H groups in total. The van der Waals surface area contributed by atoms with Crippen molar-refractivity contribution in [3.63, 3.8) is 0 Å². The van der Waals surface area contributed by atoms with Crippen molar-refractivity contribution >= 4 is 21.6 Å². The molecular formula is C22H24F3N3O2S. The maximum atomic E-state index is 12.6. The van der Waals surface area contributed by atoms with Crippen molar-refractivity contribution in [1.29, 1.82) is 0 Å². The summed E-state index contributed by atoms with van der Waals surface area (Å²) < 4.78 is 42.4. The summed E-state index contributed by atoms with van der Waals surface area (Å²) in [5.74, 6) is 0.879. The number of aryl methyl sites for hydroxylation is 4. The number of aromatic nitrogens is 2. The summed E-state index contributed by atoms with van der Waals surface area (Å²) in [6, 6.07) is 3.66. The number of nitrogens with zero attached hydrogens (tertiary/aromatic N) is 2. The van der Waals surface area contributed by atoms with Crippen LogP contribution in [0.15, 0.2) is 16.9 Å². The van der Waals surface area contributed by atoms with E-state index < -0.39 is 12.8 Å². The minimum absolute atomic E-state index is 0.0781. The topological polar surface area (TPSA) is 58.2 Å². The van der Waals surface area contributed by atoms with Gasteiger partial charge in [0, 0.05) is 11.4 Å². The van der Waals surface area contributed by atoms with Crippen molar-refractivity contribution in [1.82, 2.24) is 14.9 Å². The molecule has 0 saturated heterocycles. The number of rotatable bonds is 6. The number of fused-ring (bicyclic) bond motifs is 3. The molecule has 0 radical (unpaired) electrons. The van der Waals surface area contributed by atoms with E-state index in [2.05, 4.69) is 9.97 Å². The second kappa shape index (κ2) is 8.27. The average molecular weight is 452 g/mol. The SMILES string of the molecule is Cc1cc(CN(C)Cc2nc3sc4c(c3c(=O)[nH]2)CCC4)cc(C)c1OCC(F)(F)F. The van der Waals surface area contributed by atoms with E-state index in [4.69, 9.17) is 4.74 Å². The molecule has 0 spiro atoms. The molecule has 9 heteroatoms. The third kappa shape index (κ3) is 4.77. The number of H-pyrrole nitrogens is 1. The number of aromatic amines is 1. The van der Waals surface area contributed by atoms with Gasteiger partial charge in [0.15, 0.2) is 6.61 Å². The molecule has 3 aromatic rings. The molecule has 4 rings (SSSR count). The fraction of sp³-hybridized carbons (Fsp3) is 0.455. The molecular weight excluding hydrogens is 427 g/mol. The van der Waals surface area contributed by atoms with Gasteiger partial charge in [-0.05, 0) is 62.4 Å². The summed E-state index contributed by atoms with van der Waals surface area (Å²) in [5.41, 5.74) is 3.36. The first-order chi connectivity index (χ1) is 14.6. The molecule has 0 amide bonds. The Labute approximate surface area is 181 Å². The van der Waals surface area contributed by atoms with Crippen LogP contribution in [0.4, 0.5) is 13.2 Å². The van der Waals surface area contributed by atoms with Crippen LogP contribution in [-0.2, 0) is 25.9 Å². The normalized spacial score (nSPS) is 13.9. The molecule has 2 aromatic heterocycles. The van der Waals surface area contributed by atoms with Crippen molar-refractivity contribution < 1.29 is 17.9 Å². The highest BCUT2D eigenvalue weighted by molar-refractivity contribution is 7.18. The lowest BCUT2D eigenvalue weighted by atomic mass is 10.1. The van der Waals surface area contributed by atoms with E-state index in [1.54, 1.807) is 25.2 Å². The monoisotopic (exact) mass is 451 g/mol. The number of halogens is 3. The lowest BCUT2D eigenvalue weighted by molar-refractivity contribution is -0.153. The Morgan fingerprint density at radius 1 is 1.19 bits per heavy atom. The maximum Gasteiger partial charge on any atom is 0.422 e. The van der Waals surface area contributed by atoms with Crippen LogP contribution in [0.1, 0.15) is 39.4 Å². The van der Waals surface area contributed by atoms with Crippen molar-refractivity contribution in [3.8, 4) is 5.75 Å². The first-order valence-electron chi connectivity index (χ1n) is 10.1. The molecule has 2 heterocycles. The fourth-order valence-corrected chi connectivity index (χ4v) is 5.54. The lowest BCUT2D eigenvalue weighted by Gasteiger charge is -2.19. The number of benzene rings is 1. The highest BCUT2D eigenvalue weighted by atomic mass is 32.1. The number of nitrogens with one attached hydrogen (secondary N) is 1. The predicted octanol–water partition coefficient (Wildman–Crippen LogP) is 4.66. The molecule has 0 unspecified atom stereocenters. The summed E-state index contributed by atoms with van der Waals surface area (Å²) in [5, 5.41) is 0.740. The van der Waals surface area contributed by atoms with E-state index in [1.807, 2.05) is 24.1 Å². The molecule has 0 fully saturated rings. The maximum absolute atomic E-state index is 12.6. The van der Waals surface area contributed by atoms with Gasteiger partial charge >= 0.3 is 6.18 Å². The lowest BCUT2D eigenvalue weighted by Crippen LogP contribution is -2.22. The summed E-state index contributed by atoms with van der Waals surface area (Å²) >= 11 is 1.61. The third-order valence-corrected chi connectivity index (χ3v) is 6.58. The van der Waals surface area contributed by atoms with Gasteiger partial charge < -0.3 is 9.72 Å². The molecule has 166 valence electrons. The molecule has 0 atom stereocenters. The van der Waals surface area contributed by atoms with Crippen molar-refractivity contribution in [3.05, 3.63) is 55.4 Å². The van der Waals surface area contributed by atoms with Crippen LogP contribution in [0.2, 0.25) is 0 Å². The molecule has 1 aliphatic carbocycles. The average Bonchev–Trinajstić information content (AvgIpc) is 3.20. The van der Waals surface area contributed by atoms with E-state index in [0.29, 0.717) is 30.0 Å². The van der Waals surface area contributed by atoms with Crippen molar-refractivity contribution in [2.45, 2.75) is 52.4 Å². The highest BCUT2D eigenvalue weighted by Crippen LogP contribution is 2.34. The summed E-state index contributed by atoms with van der Waals surface area (Å²) in [4.78, 5) is 24.3. The van der Waals surface area contributed by atoms with E-state index in [0.717, 1.165) is 40.6 Å². The zero-order valence-corrected chi connectivity index (χ0v) is 18.5. The van der Waals surface area contributed by atoms with Crippen LogP contribution in [0.3, 0.4) is 0 Å². The zero-order valence-electron chi connectivity index (χ0n) is 17.7. The molecule has 1 aromatic carbocycles. The van der Waals surface area contributed by atoms with Gasteiger partial charge in [0.25, 0.3) is 5.56 Å². The Kier molecular flexibility index (Phi) is 5.83. The molecule has 0 bridgehead atoms. The summed E-state index contributed by atoms with van der Waals surface area (Å²) in [6.07, 6.45) is -1.31. The Bertz CT molecular complexity index is 1160. The second-order valence-corrected chi connectivity index (χ2v) is 9.27. The number of alkyl halides is 3. The van der Waals surface area contributed by atoms with Crippen LogP contribution in [0, 0.1) is 13.8 Å². The van der Waals surface area contributed by atoms with Crippen molar-refractivity contribution in [2.75, 3.05) is 13.7 Å². The van der Waals surface area contributed by atoms with Gasteiger partial charge in [-0.15, -0.1) is 11.3 Å². The number of ether oxygens (including phenoxy) is 1. The molecule has 1 aliphatic rings. The van der Waals surface area contributed by atoms with Crippen LogP contribution < -0.4 is 10.3 Å². The molecule has 0 saturated carbocycles. The largest absolute Gasteiger partial charge is 0.484 e. The van der Waals surface area contributed by atoms with E-state index in [1.165, 1.54) is 4.88 Å². The molecule has 0 aliphatic heterocycles. The highest BCUT2D eigenvalue weighted by Gasteiger charge is 2.29. The molecule has 31 heavy (non-hydrogen) atoms. The number of hydrogen-bond acceptors (Lipinski definition) is 5.